The molecule has 2 heterocycles. The van der Waals surface area contributed by atoms with Crippen LogP contribution in [0.2, 0.25) is 0 Å². The van der Waals surface area contributed by atoms with Gasteiger partial charge in [0.1, 0.15) is 5.82 Å². The summed E-state index contributed by atoms with van der Waals surface area (Å²) in [6.45, 7) is 9.84. The van der Waals surface area contributed by atoms with E-state index < -0.39 is 6.10 Å². The molecule has 0 aliphatic carbocycles. The number of benzene rings is 1. The Kier molecular flexibility index (Phi) is 5.33. The van der Waals surface area contributed by atoms with Gasteiger partial charge in [-0.05, 0) is 30.5 Å². The number of aliphatic hydroxyl groups excluding tert-OH is 1. The lowest BCUT2D eigenvalue weighted by Crippen LogP contribution is -2.47. The van der Waals surface area contributed by atoms with E-state index in [1.54, 1.807) is 0 Å². The van der Waals surface area contributed by atoms with E-state index in [0.29, 0.717) is 6.54 Å². The Bertz CT molecular complexity index is 674. The summed E-state index contributed by atoms with van der Waals surface area (Å²) in [5, 5.41) is 10.5. The van der Waals surface area contributed by atoms with Crippen LogP contribution in [-0.4, -0.2) is 57.2 Å². The zero-order chi connectivity index (χ0) is 17.1. The molecule has 1 N–H and O–H groups in total. The minimum Gasteiger partial charge on any atom is -0.387 e. The molecule has 1 aliphatic heterocycles. The monoisotopic (exact) mass is 328 g/mol. The van der Waals surface area contributed by atoms with Crippen LogP contribution < -0.4 is 0 Å². The third-order valence-corrected chi connectivity index (χ3v) is 5.10. The Morgan fingerprint density at radius 3 is 2.42 bits per heavy atom. The average Bonchev–Trinajstić information content (AvgIpc) is 2.97. The van der Waals surface area contributed by atoms with Crippen LogP contribution in [0.3, 0.4) is 0 Å². The summed E-state index contributed by atoms with van der Waals surface area (Å²) in [5.74, 6) is 1.11. The van der Waals surface area contributed by atoms with Crippen LogP contribution >= 0.6 is 0 Å². The third kappa shape index (κ3) is 4.04. The molecule has 24 heavy (non-hydrogen) atoms. The highest BCUT2D eigenvalue weighted by molar-refractivity contribution is 5.31. The van der Waals surface area contributed by atoms with E-state index in [0.717, 1.165) is 44.1 Å². The first-order valence-corrected chi connectivity index (χ1v) is 8.69. The number of β-amino-alcohol motifs (C(OH)–C–C–N with tert-alkyl or cyclic N) is 1. The molecule has 3 rings (SSSR count). The van der Waals surface area contributed by atoms with Gasteiger partial charge in [-0.3, -0.25) is 9.80 Å². The van der Waals surface area contributed by atoms with Crippen molar-refractivity contribution in [3.8, 4) is 0 Å². The molecule has 0 amide bonds. The van der Waals surface area contributed by atoms with Crippen LogP contribution in [0.5, 0.6) is 0 Å². The Labute approximate surface area is 144 Å². The van der Waals surface area contributed by atoms with E-state index in [4.69, 9.17) is 0 Å². The number of nitrogens with zero attached hydrogens (tertiary/aromatic N) is 4. The molecule has 1 aromatic heterocycles. The summed E-state index contributed by atoms with van der Waals surface area (Å²) >= 11 is 0. The highest BCUT2D eigenvalue weighted by Gasteiger charge is 2.21. The SMILES string of the molecule is Cc1ccc([C@@H](O)CN2CCN(Cc3nccn3C)CC2)cc1C. The topological polar surface area (TPSA) is 44.5 Å². The Balaban J connectivity index is 1.49. The number of aryl methyl sites for hydroxylation is 3. The molecule has 1 saturated heterocycles. The van der Waals surface area contributed by atoms with Crippen molar-refractivity contribution in [3.63, 3.8) is 0 Å². The number of hydrogen-bond acceptors (Lipinski definition) is 4. The molecule has 1 atom stereocenters. The lowest BCUT2D eigenvalue weighted by atomic mass is 10.0. The molecule has 1 aliphatic rings. The average molecular weight is 328 g/mol. The van der Waals surface area contributed by atoms with Crippen molar-refractivity contribution in [1.82, 2.24) is 19.4 Å². The maximum atomic E-state index is 10.5. The summed E-state index contributed by atoms with van der Waals surface area (Å²) in [5.41, 5.74) is 3.54. The zero-order valence-electron chi connectivity index (χ0n) is 14.9. The molecule has 2 aromatic rings. The van der Waals surface area contributed by atoms with Crippen LogP contribution in [-0.2, 0) is 13.6 Å². The van der Waals surface area contributed by atoms with Crippen molar-refractivity contribution in [2.45, 2.75) is 26.5 Å². The molecule has 1 aromatic carbocycles. The fraction of sp³-hybridized carbons (Fsp3) is 0.526. The van der Waals surface area contributed by atoms with Gasteiger partial charge in [-0.1, -0.05) is 18.2 Å². The van der Waals surface area contributed by atoms with Gasteiger partial charge >= 0.3 is 0 Å². The van der Waals surface area contributed by atoms with E-state index in [-0.39, 0.29) is 0 Å². The number of aromatic nitrogens is 2. The molecule has 0 bridgehead atoms. The number of piperazine rings is 1. The second kappa shape index (κ2) is 7.47. The summed E-state index contributed by atoms with van der Waals surface area (Å²) in [6, 6.07) is 6.25. The van der Waals surface area contributed by atoms with Crippen LogP contribution in [0.15, 0.2) is 30.6 Å². The minimum absolute atomic E-state index is 0.412. The molecule has 0 unspecified atom stereocenters. The first kappa shape index (κ1) is 17.1. The second-order valence-electron chi connectivity index (χ2n) is 6.89. The lowest BCUT2D eigenvalue weighted by molar-refractivity contribution is 0.0689. The van der Waals surface area contributed by atoms with E-state index in [9.17, 15) is 5.11 Å². The van der Waals surface area contributed by atoms with Gasteiger partial charge in [0, 0.05) is 52.2 Å². The smallest absolute Gasteiger partial charge is 0.122 e. The van der Waals surface area contributed by atoms with Crippen molar-refractivity contribution in [1.29, 1.82) is 0 Å². The number of aliphatic hydroxyl groups is 1. The lowest BCUT2D eigenvalue weighted by Gasteiger charge is -2.35. The summed E-state index contributed by atoms with van der Waals surface area (Å²) in [4.78, 5) is 9.19. The summed E-state index contributed by atoms with van der Waals surface area (Å²) < 4.78 is 2.08. The second-order valence-corrected chi connectivity index (χ2v) is 6.89. The van der Waals surface area contributed by atoms with E-state index in [2.05, 4.69) is 45.3 Å². The van der Waals surface area contributed by atoms with Crippen molar-refractivity contribution in [2.24, 2.45) is 7.05 Å². The molecular formula is C19H28N4O. The Morgan fingerprint density at radius 1 is 1.08 bits per heavy atom. The molecule has 5 heteroatoms. The fourth-order valence-corrected chi connectivity index (χ4v) is 3.20. The molecule has 130 valence electrons. The molecular weight excluding hydrogens is 300 g/mol. The quantitative estimate of drug-likeness (QED) is 0.910. The molecule has 0 radical (unpaired) electrons. The largest absolute Gasteiger partial charge is 0.387 e. The Hall–Kier alpha value is -1.69. The van der Waals surface area contributed by atoms with Gasteiger partial charge in [0.05, 0.1) is 12.6 Å². The Morgan fingerprint density at radius 2 is 1.79 bits per heavy atom. The van der Waals surface area contributed by atoms with Crippen molar-refractivity contribution in [2.75, 3.05) is 32.7 Å². The van der Waals surface area contributed by atoms with E-state index >= 15 is 0 Å². The molecule has 1 fully saturated rings. The molecule has 0 spiro atoms. The van der Waals surface area contributed by atoms with Gasteiger partial charge in [-0.2, -0.15) is 0 Å². The maximum absolute atomic E-state index is 10.5. The molecule has 5 nitrogen and oxygen atoms in total. The zero-order valence-corrected chi connectivity index (χ0v) is 14.9. The third-order valence-electron chi connectivity index (χ3n) is 5.10. The van der Waals surface area contributed by atoms with E-state index in [1.807, 2.05) is 25.5 Å². The summed E-state index contributed by atoms with van der Waals surface area (Å²) in [7, 11) is 2.04. The van der Waals surface area contributed by atoms with Gasteiger partial charge in [0.15, 0.2) is 0 Å². The molecule has 0 saturated carbocycles. The summed E-state index contributed by atoms with van der Waals surface area (Å²) in [6.07, 6.45) is 3.43. The maximum Gasteiger partial charge on any atom is 0.122 e. The minimum atomic E-state index is -0.412. The highest BCUT2D eigenvalue weighted by atomic mass is 16.3. The van der Waals surface area contributed by atoms with Crippen molar-refractivity contribution >= 4 is 0 Å². The predicted octanol–water partition coefficient (Wildman–Crippen LogP) is 1.89. The standard InChI is InChI=1S/C19H28N4O/c1-15-4-5-17(12-16(15)2)18(24)13-22-8-10-23(11-9-22)14-19-20-6-7-21(19)3/h4-7,12,18,24H,8-11,13-14H2,1-3H3/t18-/m0/s1. The van der Waals surface area contributed by atoms with Gasteiger partial charge in [-0.25, -0.2) is 4.98 Å². The van der Waals surface area contributed by atoms with Gasteiger partial charge in [0.2, 0.25) is 0 Å². The normalized spacial score (nSPS) is 18.0. The van der Waals surface area contributed by atoms with Crippen molar-refractivity contribution < 1.29 is 5.11 Å². The van der Waals surface area contributed by atoms with Gasteiger partial charge in [0.25, 0.3) is 0 Å². The van der Waals surface area contributed by atoms with Gasteiger partial charge < -0.3 is 9.67 Å². The van der Waals surface area contributed by atoms with E-state index in [1.165, 1.54) is 11.1 Å². The van der Waals surface area contributed by atoms with Crippen LogP contribution in [0, 0.1) is 13.8 Å². The first-order valence-electron chi connectivity index (χ1n) is 8.69. The van der Waals surface area contributed by atoms with Crippen molar-refractivity contribution in [3.05, 3.63) is 53.1 Å². The predicted molar refractivity (Wildman–Crippen MR) is 95.8 cm³/mol. The van der Waals surface area contributed by atoms with Gasteiger partial charge in [-0.15, -0.1) is 0 Å². The highest BCUT2D eigenvalue weighted by Crippen LogP contribution is 2.19. The number of imidazole rings is 1. The number of rotatable bonds is 5. The van der Waals surface area contributed by atoms with Crippen LogP contribution in [0.25, 0.3) is 0 Å². The van der Waals surface area contributed by atoms with Crippen LogP contribution in [0.1, 0.15) is 28.6 Å². The number of hydrogen-bond donors (Lipinski definition) is 1. The fourth-order valence-electron chi connectivity index (χ4n) is 3.20. The first-order chi connectivity index (χ1) is 11.5. The van der Waals surface area contributed by atoms with Crippen LogP contribution in [0.4, 0.5) is 0 Å².